The van der Waals surface area contributed by atoms with Crippen molar-refractivity contribution in [3.63, 3.8) is 0 Å². The van der Waals surface area contributed by atoms with E-state index in [1.807, 2.05) is 6.92 Å². The Morgan fingerprint density at radius 3 is 1.82 bits per heavy atom. The first-order chi connectivity index (χ1) is 7.97. The predicted octanol–water partition coefficient (Wildman–Crippen LogP) is 5.09. The molecular weight excluding hydrogens is 208 g/mol. The molecule has 0 saturated heterocycles. The quantitative estimate of drug-likeness (QED) is 0.486. The molecule has 0 heterocycles. The van der Waals surface area contributed by atoms with Gasteiger partial charge in [0.2, 0.25) is 0 Å². The lowest BCUT2D eigenvalue weighted by atomic mass is 9.89. The minimum atomic E-state index is 0.228. The first-order valence-corrected chi connectivity index (χ1v) is 7.42. The number of hydrogen-bond donors (Lipinski definition) is 0. The summed E-state index contributed by atoms with van der Waals surface area (Å²) in [7, 11) is 0. The maximum absolute atomic E-state index is 10.6. The van der Waals surface area contributed by atoms with E-state index in [1.165, 1.54) is 38.5 Å². The summed E-state index contributed by atoms with van der Waals surface area (Å²) in [4.78, 5) is 10.6. The molecule has 0 bridgehead atoms. The van der Waals surface area contributed by atoms with Crippen molar-refractivity contribution in [2.75, 3.05) is 0 Å². The van der Waals surface area contributed by atoms with Crippen molar-refractivity contribution in [1.82, 2.24) is 0 Å². The van der Waals surface area contributed by atoms with E-state index >= 15 is 0 Å². The Bertz CT molecular complexity index is 186. The summed E-state index contributed by atoms with van der Waals surface area (Å²) in [6.45, 7) is 11.2. The fraction of sp³-hybridized carbons (Fsp3) is 0.938. The monoisotopic (exact) mass is 240 g/mol. The number of rotatable bonds is 10. The Balaban J connectivity index is 3.50. The lowest BCUT2D eigenvalue weighted by Gasteiger charge is -2.16. The fourth-order valence-electron chi connectivity index (χ4n) is 2.20. The molecule has 0 aromatic rings. The molecule has 0 aliphatic heterocycles. The van der Waals surface area contributed by atoms with E-state index in [0.717, 1.165) is 18.1 Å². The number of aldehydes is 1. The van der Waals surface area contributed by atoms with E-state index in [2.05, 4.69) is 27.7 Å². The number of carbonyl (C=O) groups is 1. The summed E-state index contributed by atoms with van der Waals surface area (Å²) >= 11 is 0. The van der Waals surface area contributed by atoms with Gasteiger partial charge in [0.05, 0.1) is 0 Å². The Hall–Kier alpha value is -0.330. The molecule has 0 amide bonds. The zero-order valence-corrected chi connectivity index (χ0v) is 12.5. The first kappa shape index (κ1) is 16.7. The highest BCUT2D eigenvalue weighted by Crippen LogP contribution is 2.21. The smallest absolute Gasteiger partial charge is 0.123 e. The van der Waals surface area contributed by atoms with E-state index in [9.17, 15) is 4.79 Å². The zero-order chi connectivity index (χ0) is 13.3. The van der Waals surface area contributed by atoms with Crippen molar-refractivity contribution in [1.29, 1.82) is 0 Å². The van der Waals surface area contributed by atoms with Crippen LogP contribution in [-0.2, 0) is 4.79 Å². The molecule has 0 aliphatic carbocycles. The Morgan fingerprint density at radius 1 is 0.824 bits per heavy atom. The topological polar surface area (TPSA) is 17.1 Å². The van der Waals surface area contributed by atoms with Gasteiger partial charge in [-0.25, -0.2) is 0 Å². The van der Waals surface area contributed by atoms with Crippen LogP contribution in [0.5, 0.6) is 0 Å². The van der Waals surface area contributed by atoms with Crippen LogP contribution >= 0.6 is 0 Å². The van der Waals surface area contributed by atoms with Crippen LogP contribution in [0, 0.1) is 23.7 Å². The van der Waals surface area contributed by atoms with Crippen LogP contribution in [0.15, 0.2) is 0 Å². The van der Waals surface area contributed by atoms with Gasteiger partial charge in [0, 0.05) is 5.92 Å². The normalized spacial score (nSPS) is 16.8. The van der Waals surface area contributed by atoms with Crippen LogP contribution in [0.25, 0.3) is 0 Å². The summed E-state index contributed by atoms with van der Waals surface area (Å²) in [5, 5.41) is 0. The summed E-state index contributed by atoms with van der Waals surface area (Å²) in [5.41, 5.74) is 0. The van der Waals surface area contributed by atoms with Gasteiger partial charge in [-0.1, -0.05) is 73.1 Å². The lowest BCUT2D eigenvalue weighted by Crippen LogP contribution is -2.09. The lowest BCUT2D eigenvalue weighted by molar-refractivity contribution is -0.111. The van der Waals surface area contributed by atoms with E-state index < -0.39 is 0 Å². The number of carbonyl (C=O) groups excluding carboxylic acids is 1. The molecule has 0 N–H and O–H groups in total. The standard InChI is InChI=1S/C16H32O/c1-13(2)8-6-9-14(3)10-7-11-15(4)16(5)12-17/h12-16H,6-11H2,1-5H3. The van der Waals surface area contributed by atoms with Gasteiger partial charge < -0.3 is 4.79 Å². The molecule has 1 nitrogen and oxygen atoms in total. The zero-order valence-electron chi connectivity index (χ0n) is 12.5. The molecule has 0 aromatic heterocycles. The van der Waals surface area contributed by atoms with Crippen molar-refractivity contribution in [3.8, 4) is 0 Å². The third-order valence-corrected chi connectivity index (χ3v) is 3.95. The van der Waals surface area contributed by atoms with Crippen molar-refractivity contribution in [2.45, 2.75) is 73.1 Å². The van der Waals surface area contributed by atoms with Gasteiger partial charge in [0.25, 0.3) is 0 Å². The number of hydrogen-bond acceptors (Lipinski definition) is 1. The summed E-state index contributed by atoms with van der Waals surface area (Å²) in [6, 6.07) is 0. The molecule has 0 aliphatic rings. The molecule has 0 radical (unpaired) electrons. The summed E-state index contributed by atoms with van der Waals surface area (Å²) < 4.78 is 0. The van der Waals surface area contributed by atoms with Gasteiger partial charge in [-0.3, -0.25) is 0 Å². The molecular formula is C16H32O. The van der Waals surface area contributed by atoms with Crippen LogP contribution in [-0.4, -0.2) is 6.29 Å². The van der Waals surface area contributed by atoms with Gasteiger partial charge in [-0.05, 0) is 17.8 Å². The second-order valence-electron chi connectivity index (χ2n) is 6.33. The van der Waals surface area contributed by atoms with E-state index in [4.69, 9.17) is 0 Å². The van der Waals surface area contributed by atoms with Gasteiger partial charge in [-0.15, -0.1) is 0 Å². The van der Waals surface area contributed by atoms with Crippen molar-refractivity contribution < 1.29 is 4.79 Å². The molecule has 0 fully saturated rings. The average Bonchev–Trinajstić information content (AvgIpc) is 2.27. The Morgan fingerprint density at radius 2 is 1.35 bits per heavy atom. The molecule has 0 aromatic carbocycles. The molecule has 17 heavy (non-hydrogen) atoms. The third-order valence-electron chi connectivity index (χ3n) is 3.95. The van der Waals surface area contributed by atoms with Gasteiger partial charge in [0.1, 0.15) is 6.29 Å². The minimum absolute atomic E-state index is 0.228. The van der Waals surface area contributed by atoms with Crippen LogP contribution < -0.4 is 0 Å². The average molecular weight is 240 g/mol. The SMILES string of the molecule is CC(C)CCCC(C)CCCC(C)C(C)C=O. The van der Waals surface area contributed by atoms with Crippen molar-refractivity contribution in [3.05, 3.63) is 0 Å². The minimum Gasteiger partial charge on any atom is -0.303 e. The molecule has 3 atom stereocenters. The highest BCUT2D eigenvalue weighted by molar-refractivity contribution is 5.53. The van der Waals surface area contributed by atoms with Crippen LogP contribution in [0.4, 0.5) is 0 Å². The molecule has 1 heteroatoms. The highest BCUT2D eigenvalue weighted by atomic mass is 16.1. The maximum atomic E-state index is 10.6. The molecule has 0 rings (SSSR count). The van der Waals surface area contributed by atoms with E-state index in [-0.39, 0.29) is 5.92 Å². The van der Waals surface area contributed by atoms with Crippen LogP contribution in [0.3, 0.4) is 0 Å². The summed E-state index contributed by atoms with van der Waals surface area (Å²) in [6.07, 6.45) is 9.01. The van der Waals surface area contributed by atoms with Crippen LogP contribution in [0.2, 0.25) is 0 Å². The third kappa shape index (κ3) is 9.38. The second-order valence-corrected chi connectivity index (χ2v) is 6.33. The predicted molar refractivity (Wildman–Crippen MR) is 76.1 cm³/mol. The Kier molecular flexibility index (Phi) is 9.49. The molecule has 3 unspecified atom stereocenters. The van der Waals surface area contributed by atoms with Crippen molar-refractivity contribution >= 4 is 6.29 Å². The van der Waals surface area contributed by atoms with Crippen molar-refractivity contribution in [2.24, 2.45) is 23.7 Å². The Labute approximate surface area is 108 Å². The molecule has 0 saturated carbocycles. The van der Waals surface area contributed by atoms with E-state index in [0.29, 0.717) is 5.92 Å². The van der Waals surface area contributed by atoms with Gasteiger partial charge >= 0.3 is 0 Å². The first-order valence-electron chi connectivity index (χ1n) is 7.42. The summed E-state index contributed by atoms with van der Waals surface area (Å²) in [5.74, 6) is 2.48. The fourth-order valence-corrected chi connectivity index (χ4v) is 2.20. The van der Waals surface area contributed by atoms with Gasteiger partial charge in [-0.2, -0.15) is 0 Å². The second kappa shape index (κ2) is 9.67. The molecule has 102 valence electrons. The molecule has 0 spiro atoms. The largest absolute Gasteiger partial charge is 0.303 e. The van der Waals surface area contributed by atoms with Crippen LogP contribution in [0.1, 0.15) is 73.1 Å². The van der Waals surface area contributed by atoms with E-state index in [1.54, 1.807) is 0 Å². The highest BCUT2D eigenvalue weighted by Gasteiger charge is 2.11. The van der Waals surface area contributed by atoms with Gasteiger partial charge in [0.15, 0.2) is 0 Å². The maximum Gasteiger partial charge on any atom is 0.123 e.